The fourth-order valence-electron chi connectivity index (χ4n) is 2.21. The summed E-state index contributed by atoms with van der Waals surface area (Å²) in [4.78, 5) is 11.0. The molecule has 0 atom stereocenters. The number of hydrogen-bond acceptors (Lipinski definition) is 3. The normalized spacial score (nSPS) is 13.1. The van der Waals surface area contributed by atoms with Gasteiger partial charge < -0.3 is 5.11 Å². The van der Waals surface area contributed by atoms with Gasteiger partial charge in [-0.1, -0.05) is 18.2 Å². The monoisotopic (exact) mass is 252 g/mol. The molecule has 19 heavy (non-hydrogen) atoms. The molecule has 2 aromatic carbocycles. The van der Waals surface area contributed by atoms with E-state index in [0.29, 0.717) is 5.56 Å². The van der Waals surface area contributed by atoms with E-state index in [1.54, 1.807) is 18.2 Å². The molecule has 0 aromatic heterocycles. The molecule has 1 aliphatic rings. The summed E-state index contributed by atoms with van der Waals surface area (Å²) in [6, 6.07) is 12.9. The Kier molecular flexibility index (Phi) is 2.83. The van der Waals surface area contributed by atoms with E-state index in [4.69, 9.17) is 5.11 Å². The molecule has 1 N–H and O–H groups in total. The van der Waals surface area contributed by atoms with Crippen LogP contribution >= 0.6 is 0 Å². The van der Waals surface area contributed by atoms with Crippen LogP contribution in [0.2, 0.25) is 0 Å². The lowest BCUT2D eigenvalue weighted by Gasteiger charge is -2.11. The number of benzene rings is 2. The lowest BCUT2D eigenvalue weighted by Crippen LogP contribution is -2.00. The van der Waals surface area contributed by atoms with Crippen molar-refractivity contribution in [3.63, 3.8) is 0 Å². The third kappa shape index (κ3) is 2.25. The fraction of sp³-hybridized carbons (Fsp3) is 0.133. The number of aryl methyl sites for hydroxylation is 2. The first-order valence-corrected chi connectivity index (χ1v) is 6.10. The van der Waals surface area contributed by atoms with Crippen molar-refractivity contribution in [2.45, 2.75) is 12.8 Å². The van der Waals surface area contributed by atoms with Gasteiger partial charge >= 0.3 is 5.97 Å². The third-order valence-electron chi connectivity index (χ3n) is 3.25. The minimum atomic E-state index is -0.915. The highest BCUT2D eigenvalue weighted by atomic mass is 16.4. The second-order valence-corrected chi connectivity index (χ2v) is 4.48. The molecule has 94 valence electrons. The highest BCUT2D eigenvalue weighted by Crippen LogP contribution is 2.30. The molecule has 0 amide bonds. The van der Waals surface area contributed by atoms with Crippen LogP contribution in [0.25, 0.3) is 0 Å². The van der Waals surface area contributed by atoms with Crippen molar-refractivity contribution in [1.82, 2.24) is 0 Å². The lowest BCUT2D eigenvalue weighted by atomic mass is 9.99. The first kappa shape index (κ1) is 11.6. The van der Waals surface area contributed by atoms with Gasteiger partial charge in [0.15, 0.2) is 0 Å². The SMILES string of the molecule is O=C(O)c1ccc2c(c1)CCc1ccccc1N=N2. The van der Waals surface area contributed by atoms with Crippen LogP contribution in [0.5, 0.6) is 0 Å². The molecule has 0 aliphatic carbocycles. The molecule has 0 saturated carbocycles. The van der Waals surface area contributed by atoms with E-state index < -0.39 is 5.97 Å². The summed E-state index contributed by atoms with van der Waals surface area (Å²) >= 11 is 0. The number of carbonyl (C=O) groups is 1. The Balaban J connectivity index is 2.06. The molecular weight excluding hydrogens is 240 g/mol. The van der Waals surface area contributed by atoms with E-state index >= 15 is 0 Å². The van der Waals surface area contributed by atoms with Crippen LogP contribution in [0.15, 0.2) is 52.7 Å². The predicted octanol–water partition coefficient (Wildman–Crippen LogP) is 3.90. The van der Waals surface area contributed by atoms with Crippen LogP contribution in [0.4, 0.5) is 11.4 Å². The van der Waals surface area contributed by atoms with Crippen molar-refractivity contribution in [2.75, 3.05) is 0 Å². The summed E-state index contributed by atoms with van der Waals surface area (Å²) in [6.45, 7) is 0. The maximum absolute atomic E-state index is 11.0. The molecule has 1 aliphatic heterocycles. The van der Waals surface area contributed by atoms with E-state index in [2.05, 4.69) is 10.2 Å². The molecule has 0 fully saturated rings. The Morgan fingerprint density at radius 2 is 1.63 bits per heavy atom. The average molecular weight is 252 g/mol. The number of carboxylic acid groups (broad SMARTS) is 1. The maximum Gasteiger partial charge on any atom is 0.335 e. The van der Waals surface area contributed by atoms with Crippen LogP contribution in [0.3, 0.4) is 0 Å². The quantitative estimate of drug-likeness (QED) is 0.836. The molecule has 0 radical (unpaired) electrons. The van der Waals surface area contributed by atoms with E-state index in [1.807, 2.05) is 24.3 Å². The summed E-state index contributed by atoms with van der Waals surface area (Å²) in [7, 11) is 0. The van der Waals surface area contributed by atoms with Crippen molar-refractivity contribution >= 4 is 17.3 Å². The predicted molar refractivity (Wildman–Crippen MR) is 71.4 cm³/mol. The first-order valence-electron chi connectivity index (χ1n) is 6.10. The third-order valence-corrected chi connectivity index (χ3v) is 3.25. The summed E-state index contributed by atoms with van der Waals surface area (Å²) in [5.74, 6) is -0.915. The van der Waals surface area contributed by atoms with E-state index in [0.717, 1.165) is 35.3 Å². The van der Waals surface area contributed by atoms with Crippen molar-refractivity contribution in [1.29, 1.82) is 0 Å². The zero-order valence-corrected chi connectivity index (χ0v) is 10.2. The smallest absolute Gasteiger partial charge is 0.335 e. The average Bonchev–Trinajstić information content (AvgIpc) is 2.41. The van der Waals surface area contributed by atoms with Gasteiger partial charge in [0.05, 0.1) is 16.9 Å². The molecule has 0 unspecified atom stereocenters. The highest BCUT2D eigenvalue weighted by Gasteiger charge is 2.12. The zero-order valence-electron chi connectivity index (χ0n) is 10.2. The number of hydrogen-bond donors (Lipinski definition) is 1. The van der Waals surface area contributed by atoms with Gasteiger partial charge in [-0.05, 0) is 48.2 Å². The number of rotatable bonds is 1. The summed E-state index contributed by atoms with van der Waals surface area (Å²) < 4.78 is 0. The van der Waals surface area contributed by atoms with E-state index in [-0.39, 0.29) is 0 Å². The van der Waals surface area contributed by atoms with Crippen LogP contribution in [-0.2, 0) is 12.8 Å². The number of aromatic carboxylic acids is 1. The molecule has 4 nitrogen and oxygen atoms in total. The fourth-order valence-corrected chi connectivity index (χ4v) is 2.21. The van der Waals surface area contributed by atoms with Crippen molar-refractivity contribution < 1.29 is 9.90 Å². The van der Waals surface area contributed by atoms with Gasteiger partial charge in [-0.25, -0.2) is 4.79 Å². The topological polar surface area (TPSA) is 62.0 Å². The Hall–Kier alpha value is -2.49. The van der Waals surface area contributed by atoms with Gasteiger partial charge in [-0.3, -0.25) is 0 Å². The van der Waals surface area contributed by atoms with Crippen molar-refractivity contribution in [2.24, 2.45) is 10.2 Å². The Labute approximate surface area is 110 Å². The lowest BCUT2D eigenvalue weighted by molar-refractivity contribution is 0.0697. The second kappa shape index (κ2) is 4.65. The number of fused-ring (bicyclic) bond motifs is 2. The maximum atomic E-state index is 11.0. The Bertz CT molecular complexity index is 678. The van der Waals surface area contributed by atoms with Gasteiger partial charge in [0, 0.05) is 0 Å². The zero-order chi connectivity index (χ0) is 13.2. The summed E-state index contributed by atoms with van der Waals surface area (Å²) in [5.41, 5.74) is 3.99. The minimum absolute atomic E-state index is 0.294. The summed E-state index contributed by atoms with van der Waals surface area (Å²) in [5, 5.41) is 17.5. The second-order valence-electron chi connectivity index (χ2n) is 4.48. The molecule has 1 heterocycles. The molecule has 0 saturated heterocycles. The van der Waals surface area contributed by atoms with Crippen LogP contribution in [-0.4, -0.2) is 11.1 Å². The Morgan fingerprint density at radius 3 is 2.42 bits per heavy atom. The van der Waals surface area contributed by atoms with E-state index in [1.165, 1.54) is 0 Å². The number of carboxylic acids is 1. The van der Waals surface area contributed by atoms with Gasteiger partial charge in [0.25, 0.3) is 0 Å². The largest absolute Gasteiger partial charge is 0.478 e. The number of azo groups is 1. The van der Waals surface area contributed by atoms with Crippen molar-refractivity contribution in [3.8, 4) is 0 Å². The highest BCUT2D eigenvalue weighted by molar-refractivity contribution is 5.88. The molecule has 2 aromatic rings. The molecule has 0 spiro atoms. The van der Waals surface area contributed by atoms with Crippen molar-refractivity contribution in [3.05, 3.63) is 59.2 Å². The van der Waals surface area contributed by atoms with Gasteiger partial charge in [-0.2, -0.15) is 10.2 Å². The van der Waals surface area contributed by atoms with Crippen LogP contribution in [0.1, 0.15) is 21.5 Å². The number of nitrogens with zero attached hydrogens (tertiary/aromatic N) is 2. The van der Waals surface area contributed by atoms with Gasteiger partial charge in [0.2, 0.25) is 0 Å². The molecule has 0 bridgehead atoms. The molecule has 3 rings (SSSR count). The Morgan fingerprint density at radius 1 is 0.947 bits per heavy atom. The summed E-state index contributed by atoms with van der Waals surface area (Å²) in [6.07, 6.45) is 1.61. The first-order chi connectivity index (χ1) is 9.24. The van der Waals surface area contributed by atoms with E-state index in [9.17, 15) is 4.79 Å². The molecule has 4 heteroatoms. The minimum Gasteiger partial charge on any atom is -0.478 e. The van der Waals surface area contributed by atoms with Gasteiger partial charge in [-0.15, -0.1) is 0 Å². The standard InChI is InChI=1S/C15H12N2O2/c18-15(19)12-7-8-14-11(9-12)6-5-10-3-1-2-4-13(10)16-17-14/h1-4,7-9H,5-6H2,(H,18,19). The van der Waals surface area contributed by atoms with Gasteiger partial charge in [0.1, 0.15) is 0 Å². The van der Waals surface area contributed by atoms with Crippen LogP contribution in [0, 0.1) is 0 Å². The molecular formula is C15H12N2O2. The van der Waals surface area contributed by atoms with Crippen LogP contribution < -0.4 is 0 Å².